The van der Waals surface area contributed by atoms with Crippen LogP contribution in [0.4, 0.5) is 0 Å². The summed E-state index contributed by atoms with van der Waals surface area (Å²) in [5.74, 6) is 0. The van der Waals surface area contributed by atoms with Crippen molar-refractivity contribution in [1.29, 1.82) is 0 Å². The van der Waals surface area contributed by atoms with Crippen molar-refractivity contribution in [3.05, 3.63) is 12.8 Å². The van der Waals surface area contributed by atoms with Crippen LogP contribution < -0.4 is 0 Å². The minimum Gasteiger partial charge on any atom is -0.499 e. The molecular formula is C9H15Br3O2. The second-order valence-electron chi connectivity index (χ2n) is 2.99. The van der Waals surface area contributed by atoms with Crippen LogP contribution in [0.2, 0.25) is 0 Å². The van der Waals surface area contributed by atoms with Gasteiger partial charge in [-0.2, -0.15) is 0 Å². The first kappa shape index (κ1) is 14.9. The Morgan fingerprint density at radius 1 is 1.07 bits per heavy atom. The van der Waals surface area contributed by atoms with Crippen LogP contribution in [0.5, 0.6) is 0 Å². The van der Waals surface area contributed by atoms with Crippen LogP contribution in [0.3, 0.4) is 0 Å². The number of hydrogen-bond acceptors (Lipinski definition) is 2. The van der Waals surface area contributed by atoms with Crippen LogP contribution >= 0.6 is 47.8 Å². The molecule has 0 saturated heterocycles. The van der Waals surface area contributed by atoms with E-state index in [1.54, 1.807) is 0 Å². The molecule has 0 saturated carbocycles. The molecule has 0 N–H and O–H groups in total. The Labute approximate surface area is 111 Å². The van der Waals surface area contributed by atoms with Crippen molar-refractivity contribution < 1.29 is 9.47 Å². The Balaban J connectivity index is 3.65. The molecule has 0 aliphatic carbocycles. The monoisotopic (exact) mass is 392 g/mol. The lowest BCUT2D eigenvalue weighted by molar-refractivity contribution is 0.0480. The number of alkyl halides is 3. The fourth-order valence-electron chi connectivity index (χ4n) is 0.702. The zero-order chi connectivity index (χ0) is 10.9. The summed E-state index contributed by atoms with van der Waals surface area (Å²) in [5.41, 5.74) is 0.119. The average Bonchev–Trinajstić information content (AvgIpc) is 2.24. The fourth-order valence-corrected chi connectivity index (χ4v) is 3.97. The molecule has 14 heavy (non-hydrogen) atoms. The maximum atomic E-state index is 5.51. The van der Waals surface area contributed by atoms with Crippen LogP contribution in [0.15, 0.2) is 12.8 Å². The van der Waals surface area contributed by atoms with E-state index in [9.17, 15) is 0 Å². The Morgan fingerprint density at radius 3 is 2.07 bits per heavy atom. The van der Waals surface area contributed by atoms with Crippen molar-refractivity contribution in [2.24, 2.45) is 5.41 Å². The van der Waals surface area contributed by atoms with Gasteiger partial charge in [0.15, 0.2) is 0 Å². The van der Waals surface area contributed by atoms with E-state index in [0.29, 0.717) is 19.8 Å². The van der Waals surface area contributed by atoms with Gasteiger partial charge in [0.25, 0.3) is 0 Å². The highest BCUT2D eigenvalue weighted by Crippen LogP contribution is 2.26. The van der Waals surface area contributed by atoms with Gasteiger partial charge in [-0.05, 0) is 0 Å². The Morgan fingerprint density at radius 2 is 1.64 bits per heavy atom. The predicted octanol–water partition coefficient (Wildman–Crippen LogP) is 3.33. The lowest BCUT2D eigenvalue weighted by Gasteiger charge is -2.27. The highest BCUT2D eigenvalue weighted by atomic mass is 79.9. The molecule has 0 fully saturated rings. The summed E-state index contributed by atoms with van der Waals surface area (Å²) in [6.45, 7) is 5.32. The average molecular weight is 395 g/mol. The molecule has 0 spiro atoms. The molecular weight excluding hydrogens is 380 g/mol. The molecule has 0 aromatic rings. The summed E-state index contributed by atoms with van der Waals surface area (Å²) in [5, 5.41) is 2.70. The van der Waals surface area contributed by atoms with Crippen LogP contribution in [-0.2, 0) is 9.47 Å². The van der Waals surface area contributed by atoms with Crippen molar-refractivity contribution in [1.82, 2.24) is 0 Å². The lowest BCUT2D eigenvalue weighted by atomic mass is 9.98. The van der Waals surface area contributed by atoms with Gasteiger partial charge in [-0.1, -0.05) is 54.4 Å². The molecule has 0 aromatic carbocycles. The van der Waals surface area contributed by atoms with Gasteiger partial charge in [0.2, 0.25) is 0 Å². The van der Waals surface area contributed by atoms with Gasteiger partial charge < -0.3 is 9.47 Å². The molecule has 0 amide bonds. The lowest BCUT2D eigenvalue weighted by Crippen LogP contribution is -2.33. The predicted molar refractivity (Wildman–Crippen MR) is 70.8 cm³/mol. The molecule has 0 bridgehead atoms. The van der Waals surface area contributed by atoms with Gasteiger partial charge in [0.1, 0.15) is 6.61 Å². The van der Waals surface area contributed by atoms with Crippen molar-refractivity contribution >= 4 is 47.8 Å². The summed E-state index contributed by atoms with van der Waals surface area (Å²) >= 11 is 10.5. The van der Waals surface area contributed by atoms with Crippen molar-refractivity contribution in [3.8, 4) is 0 Å². The van der Waals surface area contributed by atoms with Crippen LogP contribution in [0.25, 0.3) is 0 Å². The van der Waals surface area contributed by atoms with Crippen molar-refractivity contribution in [2.45, 2.75) is 0 Å². The Hall–Kier alpha value is 0.940. The third-order valence-electron chi connectivity index (χ3n) is 1.72. The first-order valence-corrected chi connectivity index (χ1v) is 7.59. The first-order chi connectivity index (χ1) is 6.74. The van der Waals surface area contributed by atoms with E-state index in [-0.39, 0.29) is 5.41 Å². The zero-order valence-corrected chi connectivity index (χ0v) is 12.7. The molecule has 0 aromatic heterocycles. The SMILES string of the molecule is C=COCCOCC(CBr)(CBr)CBr. The molecule has 0 atom stereocenters. The van der Waals surface area contributed by atoms with E-state index in [1.807, 2.05) is 0 Å². The molecule has 0 heterocycles. The standard InChI is InChI=1S/C9H15Br3O2/c1-2-13-3-4-14-8-9(5-10,6-11)7-12/h2H,1,3-8H2. The van der Waals surface area contributed by atoms with E-state index >= 15 is 0 Å². The number of hydrogen-bond donors (Lipinski definition) is 0. The van der Waals surface area contributed by atoms with Crippen molar-refractivity contribution in [2.75, 3.05) is 35.8 Å². The quantitative estimate of drug-likeness (QED) is 0.339. The van der Waals surface area contributed by atoms with Gasteiger partial charge >= 0.3 is 0 Å². The fraction of sp³-hybridized carbons (Fsp3) is 0.778. The van der Waals surface area contributed by atoms with E-state index in [4.69, 9.17) is 9.47 Å². The number of rotatable bonds is 9. The van der Waals surface area contributed by atoms with Crippen LogP contribution in [-0.4, -0.2) is 35.8 Å². The first-order valence-electron chi connectivity index (χ1n) is 4.23. The second kappa shape index (κ2) is 9.19. The van der Waals surface area contributed by atoms with E-state index in [2.05, 4.69) is 54.4 Å². The summed E-state index contributed by atoms with van der Waals surface area (Å²) in [6.07, 6.45) is 1.43. The van der Waals surface area contributed by atoms with Gasteiger partial charge in [0, 0.05) is 21.4 Å². The summed E-state index contributed by atoms with van der Waals surface area (Å²) in [7, 11) is 0. The molecule has 0 radical (unpaired) electrons. The van der Waals surface area contributed by atoms with Gasteiger partial charge in [-0.3, -0.25) is 0 Å². The van der Waals surface area contributed by atoms with E-state index in [0.717, 1.165) is 16.0 Å². The topological polar surface area (TPSA) is 18.5 Å². The highest BCUT2D eigenvalue weighted by Gasteiger charge is 2.26. The van der Waals surface area contributed by atoms with Gasteiger partial charge in [0.05, 0.1) is 19.5 Å². The number of halogens is 3. The minimum atomic E-state index is 0.119. The van der Waals surface area contributed by atoms with E-state index in [1.165, 1.54) is 6.26 Å². The molecule has 0 aliphatic rings. The third kappa shape index (κ3) is 5.73. The number of ether oxygens (including phenoxy) is 2. The molecule has 5 heteroatoms. The second-order valence-corrected chi connectivity index (χ2v) is 4.67. The van der Waals surface area contributed by atoms with Crippen LogP contribution in [0, 0.1) is 5.41 Å². The molecule has 2 nitrogen and oxygen atoms in total. The summed E-state index contributed by atoms with van der Waals surface area (Å²) < 4.78 is 10.5. The van der Waals surface area contributed by atoms with E-state index < -0.39 is 0 Å². The Bertz CT molecular complexity index is 141. The summed E-state index contributed by atoms with van der Waals surface area (Å²) in [6, 6.07) is 0. The molecule has 0 aliphatic heterocycles. The Kier molecular flexibility index (Phi) is 9.80. The maximum Gasteiger partial charge on any atom is 0.111 e. The largest absolute Gasteiger partial charge is 0.499 e. The maximum absolute atomic E-state index is 5.51. The smallest absolute Gasteiger partial charge is 0.111 e. The molecule has 84 valence electrons. The van der Waals surface area contributed by atoms with Gasteiger partial charge in [-0.15, -0.1) is 0 Å². The minimum absolute atomic E-state index is 0.119. The third-order valence-corrected chi connectivity index (χ3v) is 5.29. The molecule has 0 unspecified atom stereocenters. The summed E-state index contributed by atoms with van der Waals surface area (Å²) in [4.78, 5) is 0. The van der Waals surface area contributed by atoms with Crippen molar-refractivity contribution in [3.63, 3.8) is 0 Å². The molecule has 0 rings (SSSR count). The normalized spacial score (nSPS) is 11.4. The van der Waals surface area contributed by atoms with Gasteiger partial charge in [-0.25, -0.2) is 0 Å². The van der Waals surface area contributed by atoms with Crippen LogP contribution in [0.1, 0.15) is 0 Å². The highest BCUT2D eigenvalue weighted by molar-refractivity contribution is 9.10. The zero-order valence-electron chi connectivity index (χ0n) is 7.98.